The molecular formula is C18H19N5O2. The molecular weight excluding hydrogens is 318 g/mol. The van der Waals surface area contributed by atoms with Crippen molar-refractivity contribution in [2.45, 2.75) is 25.4 Å². The summed E-state index contributed by atoms with van der Waals surface area (Å²) < 4.78 is 0. The van der Waals surface area contributed by atoms with Crippen LogP contribution in [0.3, 0.4) is 0 Å². The minimum atomic E-state index is -0.405. The summed E-state index contributed by atoms with van der Waals surface area (Å²) in [6, 6.07) is 8.70. The minimum Gasteiger partial charge on any atom is -0.393 e. The molecule has 1 aliphatic rings. The average molecular weight is 337 g/mol. The van der Waals surface area contributed by atoms with Crippen LogP contribution in [0.1, 0.15) is 35.3 Å². The number of aliphatic hydroxyl groups excluding tert-OH is 1. The van der Waals surface area contributed by atoms with Gasteiger partial charge in [0.2, 0.25) is 0 Å². The fourth-order valence-electron chi connectivity index (χ4n) is 2.97. The Morgan fingerprint density at radius 2 is 2.16 bits per heavy atom. The van der Waals surface area contributed by atoms with E-state index in [0.717, 1.165) is 19.3 Å². The van der Waals surface area contributed by atoms with Crippen LogP contribution in [0.5, 0.6) is 0 Å². The number of aliphatic hydroxyl groups is 1. The number of aromatic nitrogens is 2. The van der Waals surface area contributed by atoms with Crippen molar-refractivity contribution < 1.29 is 9.90 Å². The molecule has 1 aliphatic carbocycles. The Bertz CT molecular complexity index is 802. The summed E-state index contributed by atoms with van der Waals surface area (Å²) in [5, 5.41) is 24.7. The highest BCUT2D eigenvalue weighted by Crippen LogP contribution is 2.26. The molecule has 1 heterocycles. The molecule has 2 aromatic rings. The molecule has 7 heteroatoms. The van der Waals surface area contributed by atoms with Crippen molar-refractivity contribution in [3.8, 4) is 6.07 Å². The zero-order valence-corrected chi connectivity index (χ0v) is 13.6. The largest absolute Gasteiger partial charge is 0.393 e. The van der Waals surface area contributed by atoms with Gasteiger partial charge in [-0.25, -0.2) is 9.97 Å². The monoisotopic (exact) mass is 337 g/mol. The topological polar surface area (TPSA) is 111 Å². The number of benzene rings is 1. The Morgan fingerprint density at radius 3 is 2.92 bits per heavy atom. The lowest BCUT2D eigenvalue weighted by molar-refractivity contribution is 0.102. The van der Waals surface area contributed by atoms with Gasteiger partial charge in [0.15, 0.2) is 11.5 Å². The molecule has 2 unspecified atom stereocenters. The molecule has 1 aromatic carbocycles. The smallest absolute Gasteiger partial charge is 0.278 e. The minimum absolute atomic E-state index is 0.158. The standard InChI is InChI=1S/C18H19N5O2/c19-10-12-3-1-5-14(9-12)23-18(25)16-17(21-8-7-20-16)22-11-13-4-2-6-15(13)24/h1,3,5,7-9,13,15,24H,2,4,6,11H2,(H,21,22)(H,23,25). The van der Waals surface area contributed by atoms with Crippen molar-refractivity contribution in [2.24, 2.45) is 5.92 Å². The number of nitrogens with one attached hydrogen (secondary N) is 2. The highest BCUT2D eigenvalue weighted by atomic mass is 16.3. The third-order valence-corrected chi connectivity index (χ3v) is 4.31. The first kappa shape index (κ1) is 16.9. The van der Waals surface area contributed by atoms with Gasteiger partial charge in [0.25, 0.3) is 5.91 Å². The predicted octanol–water partition coefficient (Wildman–Crippen LogP) is 2.17. The third-order valence-electron chi connectivity index (χ3n) is 4.31. The van der Waals surface area contributed by atoms with E-state index in [4.69, 9.17) is 5.26 Å². The van der Waals surface area contributed by atoms with E-state index < -0.39 is 5.91 Å². The van der Waals surface area contributed by atoms with Crippen LogP contribution in [0.15, 0.2) is 36.7 Å². The number of hydrogen-bond donors (Lipinski definition) is 3. The summed E-state index contributed by atoms with van der Waals surface area (Å²) >= 11 is 0. The number of anilines is 2. The predicted molar refractivity (Wildman–Crippen MR) is 93.0 cm³/mol. The first-order chi connectivity index (χ1) is 12.2. The van der Waals surface area contributed by atoms with Crippen LogP contribution < -0.4 is 10.6 Å². The van der Waals surface area contributed by atoms with Gasteiger partial charge < -0.3 is 15.7 Å². The van der Waals surface area contributed by atoms with E-state index in [2.05, 4.69) is 20.6 Å². The van der Waals surface area contributed by atoms with E-state index in [9.17, 15) is 9.90 Å². The van der Waals surface area contributed by atoms with E-state index >= 15 is 0 Å². The number of rotatable bonds is 5. The Balaban J connectivity index is 1.71. The molecule has 0 aliphatic heterocycles. The molecule has 2 atom stereocenters. The summed E-state index contributed by atoms with van der Waals surface area (Å²) in [6.07, 6.45) is 5.44. The van der Waals surface area contributed by atoms with Gasteiger partial charge in [0.05, 0.1) is 17.7 Å². The van der Waals surface area contributed by atoms with Crippen LogP contribution in [0.2, 0.25) is 0 Å². The zero-order chi connectivity index (χ0) is 17.6. The van der Waals surface area contributed by atoms with E-state index in [1.54, 1.807) is 24.3 Å². The number of carbonyl (C=O) groups is 1. The molecule has 0 bridgehead atoms. The first-order valence-corrected chi connectivity index (χ1v) is 8.22. The van der Waals surface area contributed by atoms with Gasteiger partial charge >= 0.3 is 0 Å². The summed E-state index contributed by atoms with van der Waals surface area (Å²) in [4.78, 5) is 20.8. The second-order valence-corrected chi connectivity index (χ2v) is 6.04. The van der Waals surface area contributed by atoms with Gasteiger partial charge in [0, 0.05) is 30.5 Å². The van der Waals surface area contributed by atoms with Crippen LogP contribution >= 0.6 is 0 Å². The molecule has 0 saturated heterocycles. The number of hydrogen-bond acceptors (Lipinski definition) is 6. The molecule has 0 spiro atoms. The maximum atomic E-state index is 12.5. The fraction of sp³-hybridized carbons (Fsp3) is 0.333. The molecule has 1 fully saturated rings. The van der Waals surface area contributed by atoms with Gasteiger partial charge in [0.1, 0.15) is 0 Å². The van der Waals surface area contributed by atoms with Crippen molar-refractivity contribution in [2.75, 3.05) is 17.2 Å². The van der Waals surface area contributed by atoms with Crippen molar-refractivity contribution in [1.29, 1.82) is 5.26 Å². The molecule has 1 aromatic heterocycles. The number of carbonyl (C=O) groups excluding carboxylic acids is 1. The molecule has 25 heavy (non-hydrogen) atoms. The second-order valence-electron chi connectivity index (χ2n) is 6.04. The number of nitriles is 1. The zero-order valence-electron chi connectivity index (χ0n) is 13.6. The molecule has 3 N–H and O–H groups in total. The van der Waals surface area contributed by atoms with Crippen molar-refractivity contribution in [3.05, 3.63) is 47.9 Å². The van der Waals surface area contributed by atoms with Gasteiger partial charge in [-0.1, -0.05) is 12.5 Å². The Kier molecular flexibility index (Phi) is 5.21. The highest BCUT2D eigenvalue weighted by molar-refractivity contribution is 6.05. The van der Waals surface area contributed by atoms with Crippen LogP contribution in [-0.4, -0.2) is 33.6 Å². The Hall–Kier alpha value is -2.98. The van der Waals surface area contributed by atoms with Crippen LogP contribution in [-0.2, 0) is 0 Å². The van der Waals surface area contributed by atoms with E-state index in [1.165, 1.54) is 12.4 Å². The Labute approximate surface area is 145 Å². The molecule has 1 saturated carbocycles. The first-order valence-electron chi connectivity index (χ1n) is 8.22. The summed E-state index contributed by atoms with van der Waals surface area (Å²) in [6.45, 7) is 0.546. The maximum absolute atomic E-state index is 12.5. The van der Waals surface area contributed by atoms with E-state index in [1.807, 2.05) is 6.07 Å². The summed E-state index contributed by atoms with van der Waals surface area (Å²) in [7, 11) is 0. The van der Waals surface area contributed by atoms with Gasteiger partial charge in [-0.05, 0) is 31.0 Å². The second kappa shape index (κ2) is 7.73. The SMILES string of the molecule is N#Cc1cccc(NC(=O)c2nccnc2NCC2CCCC2O)c1. The third kappa shape index (κ3) is 4.11. The molecule has 3 rings (SSSR count). The van der Waals surface area contributed by atoms with Crippen LogP contribution in [0, 0.1) is 17.2 Å². The van der Waals surface area contributed by atoms with Crippen LogP contribution in [0.25, 0.3) is 0 Å². The lowest BCUT2D eigenvalue weighted by Gasteiger charge is -2.16. The average Bonchev–Trinajstić information content (AvgIpc) is 3.05. The van der Waals surface area contributed by atoms with Crippen LogP contribution in [0.4, 0.5) is 11.5 Å². The molecule has 128 valence electrons. The molecule has 0 radical (unpaired) electrons. The van der Waals surface area contributed by atoms with Gasteiger partial charge in [-0.3, -0.25) is 4.79 Å². The Morgan fingerprint density at radius 1 is 1.32 bits per heavy atom. The lowest BCUT2D eigenvalue weighted by atomic mass is 10.1. The fourth-order valence-corrected chi connectivity index (χ4v) is 2.97. The van der Waals surface area contributed by atoms with Crippen molar-refractivity contribution >= 4 is 17.4 Å². The molecule has 7 nitrogen and oxygen atoms in total. The van der Waals surface area contributed by atoms with Crippen molar-refractivity contribution in [3.63, 3.8) is 0 Å². The summed E-state index contributed by atoms with van der Waals surface area (Å²) in [5.41, 5.74) is 1.16. The highest BCUT2D eigenvalue weighted by Gasteiger charge is 2.25. The number of amides is 1. The van der Waals surface area contributed by atoms with E-state index in [0.29, 0.717) is 23.6 Å². The van der Waals surface area contributed by atoms with Crippen molar-refractivity contribution in [1.82, 2.24) is 9.97 Å². The number of nitrogens with zero attached hydrogens (tertiary/aromatic N) is 3. The summed E-state index contributed by atoms with van der Waals surface area (Å²) in [5.74, 6) is 0.137. The quantitative estimate of drug-likeness (QED) is 0.771. The normalized spacial score (nSPS) is 19.2. The lowest BCUT2D eigenvalue weighted by Crippen LogP contribution is -2.24. The van der Waals surface area contributed by atoms with Gasteiger partial charge in [-0.2, -0.15) is 5.26 Å². The van der Waals surface area contributed by atoms with E-state index in [-0.39, 0.29) is 17.7 Å². The molecule has 1 amide bonds. The maximum Gasteiger partial charge on any atom is 0.278 e. The van der Waals surface area contributed by atoms with Gasteiger partial charge in [-0.15, -0.1) is 0 Å².